The maximum absolute atomic E-state index is 13.3. The van der Waals surface area contributed by atoms with Crippen LogP contribution in [-0.2, 0) is 21.6 Å². The van der Waals surface area contributed by atoms with Crippen molar-refractivity contribution >= 4 is 11.8 Å². The van der Waals surface area contributed by atoms with E-state index in [0.717, 1.165) is 16.7 Å². The molecule has 3 aromatic carbocycles. The molecule has 0 amide bonds. The second-order valence-corrected chi connectivity index (χ2v) is 9.41. The number of esters is 1. The number of ether oxygens (including phenoxy) is 1. The van der Waals surface area contributed by atoms with Crippen LogP contribution in [0.2, 0.25) is 0 Å². The van der Waals surface area contributed by atoms with Gasteiger partial charge < -0.3 is 4.74 Å². The standard InChI is InChI=1S/C29H32O3/c1-20(23-11-13-24(14-12-23)21(2)30)27(25-15-17-26(18-16-25)29(3,4)5)28(31)32-19-22-9-7-6-8-10-22/h6-18,20,27H,19H2,1-5H3. The molecular weight excluding hydrogens is 396 g/mol. The van der Waals surface area contributed by atoms with Crippen molar-refractivity contribution in [3.63, 3.8) is 0 Å². The molecule has 0 fully saturated rings. The van der Waals surface area contributed by atoms with Crippen LogP contribution in [-0.4, -0.2) is 11.8 Å². The molecule has 0 bridgehead atoms. The number of benzene rings is 3. The van der Waals surface area contributed by atoms with Gasteiger partial charge in [0.2, 0.25) is 0 Å². The van der Waals surface area contributed by atoms with Gasteiger partial charge in [0.15, 0.2) is 5.78 Å². The van der Waals surface area contributed by atoms with E-state index in [2.05, 4.69) is 32.9 Å². The molecule has 0 N–H and O–H groups in total. The van der Waals surface area contributed by atoms with Crippen LogP contribution in [0.25, 0.3) is 0 Å². The molecule has 0 aliphatic carbocycles. The van der Waals surface area contributed by atoms with Gasteiger partial charge in [0.25, 0.3) is 0 Å². The molecule has 3 aromatic rings. The predicted octanol–water partition coefficient (Wildman–Crippen LogP) is 6.82. The largest absolute Gasteiger partial charge is 0.460 e. The second kappa shape index (κ2) is 9.95. The van der Waals surface area contributed by atoms with Crippen LogP contribution in [0.4, 0.5) is 0 Å². The lowest BCUT2D eigenvalue weighted by atomic mass is 9.80. The van der Waals surface area contributed by atoms with Gasteiger partial charge in [-0.3, -0.25) is 9.59 Å². The van der Waals surface area contributed by atoms with E-state index < -0.39 is 5.92 Å². The van der Waals surface area contributed by atoms with Crippen molar-refractivity contribution in [2.24, 2.45) is 0 Å². The quantitative estimate of drug-likeness (QED) is 0.306. The van der Waals surface area contributed by atoms with E-state index >= 15 is 0 Å². The van der Waals surface area contributed by atoms with Crippen LogP contribution >= 0.6 is 0 Å². The van der Waals surface area contributed by atoms with Crippen LogP contribution in [0.5, 0.6) is 0 Å². The highest BCUT2D eigenvalue weighted by Gasteiger charge is 2.30. The minimum atomic E-state index is -0.448. The van der Waals surface area contributed by atoms with Gasteiger partial charge in [-0.2, -0.15) is 0 Å². The van der Waals surface area contributed by atoms with Gasteiger partial charge in [-0.25, -0.2) is 0 Å². The molecule has 32 heavy (non-hydrogen) atoms. The van der Waals surface area contributed by atoms with Crippen LogP contribution in [0.1, 0.15) is 79.1 Å². The summed E-state index contributed by atoms with van der Waals surface area (Å²) in [7, 11) is 0. The van der Waals surface area contributed by atoms with Gasteiger partial charge in [0.05, 0.1) is 5.92 Å². The summed E-state index contributed by atoms with van der Waals surface area (Å²) in [5, 5.41) is 0. The lowest BCUT2D eigenvalue weighted by molar-refractivity contribution is -0.147. The Kier molecular flexibility index (Phi) is 7.29. The zero-order valence-corrected chi connectivity index (χ0v) is 19.6. The summed E-state index contributed by atoms with van der Waals surface area (Å²) in [6.07, 6.45) is 0. The molecule has 0 aromatic heterocycles. The van der Waals surface area contributed by atoms with Crippen molar-refractivity contribution in [2.45, 2.75) is 58.5 Å². The Hall–Kier alpha value is -3.20. The molecule has 3 rings (SSSR count). The third-order valence-electron chi connectivity index (χ3n) is 5.96. The maximum atomic E-state index is 13.3. The van der Waals surface area contributed by atoms with E-state index in [4.69, 9.17) is 4.74 Å². The highest BCUT2D eigenvalue weighted by molar-refractivity contribution is 5.94. The number of carbonyl (C=O) groups excluding carboxylic acids is 2. The van der Waals surface area contributed by atoms with E-state index in [0.29, 0.717) is 5.56 Å². The average Bonchev–Trinajstić information content (AvgIpc) is 2.78. The minimum Gasteiger partial charge on any atom is -0.460 e. The molecule has 0 aliphatic heterocycles. The Bertz CT molecular complexity index is 1040. The fourth-order valence-electron chi connectivity index (χ4n) is 3.85. The molecule has 3 heteroatoms. The summed E-state index contributed by atoms with van der Waals surface area (Å²) >= 11 is 0. The van der Waals surface area contributed by atoms with E-state index in [-0.39, 0.29) is 29.7 Å². The lowest BCUT2D eigenvalue weighted by Crippen LogP contribution is -2.22. The number of rotatable bonds is 7. The van der Waals surface area contributed by atoms with Gasteiger partial charge in [0.1, 0.15) is 6.61 Å². The Balaban J connectivity index is 1.90. The zero-order chi connectivity index (χ0) is 23.3. The van der Waals surface area contributed by atoms with Crippen LogP contribution in [0.3, 0.4) is 0 Å². The zero-order valence-electron chi connectivity index (χ0n) is 19.6. The smallest absolute Gasteiger partial charge is 0.314 e. The lowest BCUT2D eigenvalue weighted by Gasteiger charge is -2.25. The molecule has 2 unspecified atom stereocenters. The molecule has 0 saturated carbocycles. The topological polar surface area (TPSA) is 43.4 Å². The molecule has 3 nitrogen and oxygen atoms in total. The summed E-state index contributed by atoms with van der Waals surface area (Å²) in [5.41, 5.74) is 4.81. The molecular formula is C29H32O3. The van der Waals surface area contributed by atoms with Crippen molar-refractivity contribution in [1.82, 2.24) is 0 Å². The third kappa shape index (κ3) is 5.73. The van der Waals surface area contributed by atoms with Crippen molar-refractivity contribution in [3.05, 3.63) is 107 Å². The van der Waals surface area contributed by atoms with Crippen molar-refractivity contribution < 1.29 is 14.3 Å². The number of ketones is 1. The van der Waals surface area contributed by atoms with Crippen LogP contribution < -0.4 is 0 Å². The summed E-state index contributed by atoms with van der Waals surface area (Å²) < 4.78 is 5.75. The van der Waals surface area contributed by atoms with Crippen molar-refractivity contribution in [2.75, 3.05) is 0 Å². The SMILES string of the molecule is CC(=O)c1ccc(C(C)C(C(=O)OCc2ccccc2)c2ccc(C(C)(C)C)cc2)cc1. The van der Waals surface area contributed by atoms with Gasteiger partial charge in [0, 0.05) is 5.56 Å². The van der Waals surface area contributed by atoms with E-state index in [1.807, 2.05) is 73.7 Å². The Morgan fingerprint density at radius 1 is 0.812 bits per heavy atom. The Morgan fingerprint density at radius 3 is 1.91 bits per heavy atom. The number of hydrogen-bond donors (Lipinski definition) is 0. The van der Waals surface area contributed by atoms with Crippen LogP contribution in [0, 0.1) is 0 Å². The first-order chi connectivity index (χ1) is 15.2. The summed E-state index contributed by atoms with van der Waals surface area (Å²) in [4.78, 5) is 25.0. The van der Waals surface area contributed by atoms with Gasteiger partial charge in [-0.05, 0) is 40.5 Å². The van der Waals surface area contributed by atoms with Gasteiger partial charge in [-0.1, -0.05) is 107 Å². The molecule has 0 radical (unpaired) electrons. The Morgan fingerprint density at radius 2 is 1.38 bits per heavy atom. The van der Waals surface area contributed by atoms with E-state index in [1.54, 1.807) is 6.92 Å². The van der Waals surface area contributed by atoms with Crippen LogP contribution in [0.15, 0.2) is 78.9 Å². The van der Waals surface area contributed by atoms with Crippen molar-refractivity contribution in [1.29, 1.82) is 0 Å². The highest BCUT2D eigenvalue weighted by Crippen LogP contribution is 2.35. The monoisotopic (exact) mass is 428 g/mol. The van der Waals surface area contributed by atoms with Crippen molar-refractivity contribution in [3.8, 4) is 0 Å². The third-order valence-corrected chi connectivity index (χ3v) is 5.96. The number of Topliss-reactive ketones (excluding diaryl/α,β-unsaturated/α-hetero) is 1. The fourth-order valence-corrected chi connectivity index (χ4v) is 3.85. The minimum absolute atomic E-state index is 0.0285. The summed E-state index contributed by atoms with van der Waals surface area (Å²) in [6, 6.07) is 25.5. The average molecular weight is 429 g/mol. The first-order valence-electron chi connectivity index (χ1n) is 11.1. The maximum Gasteiger partial charge on any atom is 0.314 e. The molecule has 0 saturated heterocycles. The molecule has 166 valence electrons. The fraction of sp³-hybridized carbons (Fsp3) is 0.310. The number of hydrogen-bond acceptors (Lipinski definition) is 3. The summed E-state index contributed by atoms with van der Waals surface area (Å²) in [5.74, 6) is -0.781. The molecule has 0 aliphatic rings. The molecule has 0 heterocycles. The highest BCUT2D eigenvalue weighted by atomic mass is 16.5. The van der Waals surface area contributed by atoms with Gasteiger partial charge >= 0.3 is 5.97 Å². The van der Waals surface area contributed by atoms with Gasteiger partial charge in [-0.15, -0.1) is 0 Å². The number of carbonyl (C=O) groups is 2. The second-order valence-electron chi connectivity index (χ2n) is 9.41. The normalized spacial score (nSPS) is 13.3. The molecule has 2 atom stereocenters. The molecule has 0 spiro atoms. The van der Waals surface area contributed by atoms with E-state index in [1.165, 1.54) is 5.56 Å². The Labute approximate surface area is 191 Å². The van der Waals surface area contributed by atoms with E-state index in [9.17, 15) is 9.59 Å². The first kappa shape index (κ1) is 23.5. The first-order valence-corrected chi connectivity index (χ1v) is 11.1. The summed E-state index contributed by atoms with van der Waals surface area (Å²) in [6.45, 7) is 10.4. The predicted molar refractivity (Wildman–Crippen MR) is 129 cm³/mol.